The number of carbonyl (C=O) groups is 3. The molecule has 19 heavy (non-hydrogen) atoms. The Kier molecular flexibility index (Phi) is 8.22. The van der Waals surface area contributed by atoms with Crippen molar-refractivity contribution < 1.29 is 14.4 Å². The summed E-state index contributed by atoms with van der Waals surface area (Å²) in [7, 11) is 1.52. The Labute approximate surface area is 119 Å². The van der Waals surface area contributed by atoms with Crippen LogP contribution in [-0.4, -0.2) is 54.6 Å². The van der Waals surface area contributed by atoms with Crippen LogP contribution in [0.15, 0.2) is 0 Å². The van der Waals surface area contributed by atoms with E-state index >= 15 is 0 Å². The lowest BCUT2D eigenvalue weighted by molar-refractivity contribution is -0.137. The zero-order valence-corrected chi connectivity index (χ0v) is 12.8. The van der Waals surface area contributed by atoms with E-state index in [0.717, 1.165) is 0 Å². The predicted molar refractivity (Wildman–Crippen MR) is 76.9 cm³/mol. The number of hydrogen-bond acceptors (Lipinski definition) is 4. The van der Waals surface area contributed by atoms with Gasteiger partial charge in [0.05, 0.1) is 6.54 Å². The van der Waals surface area contributed by atoms with Crippen LogP contribution in [0.2, 0.25) is 0 Å². The highest BCUT2D eigenvalue weighted by Crippen LogP contribution is 1.96. The first-order valence-electron chi connectivity index (χ1n) is 6.17. The van der Waals surface area contributed by atoms with Gasteiger partial charge in [-0.1, -0.05) is 13.8 Å². The van der Waals surface area contributed by atoms with Gasteiger partial charge in [-0.3, -0.25) is 14.4 Å². The number of hydrogen-bond donors (Lipinski definition) is 3. The first kappa shape index (κ1) is 17.8. The van der Waals surface area contributed by atoms with E-state index in [1.54, 1.807) is 0 Å². The van der Waals surface area contributed by atoms with Crippen molar-refractivity contribution in [2.75, 3.05) is 25.9 Å². The van der Waals surface area contributed by atoms with Gasteiger partial charge in [0.25, 0.3) is 0 Å². The maximum absolute atomic E-state index is 12.0. The van der Waals surface area contributed by atoms with Gasteiger partial charge in [-0.05, 0) is 5.92 Å². The molecule has 0 spiro atoms. The van der Waals surface area contributed by atoms with E-state index in [1.807, 2.05) is 13.8 Å². The molecule has 110 valence electrons. The Morgan fingerprint density at radius 1 is 1.26 bits per heavy atom. The Bertz CT molecular complexity index is 334. The monoisotopic (exact) mass is 289 g/mol. The molecule has 1 atom stereocenters. The van der Waals surface area contributed by atoms with Crippen molar-refractivity contribution in [1.82, 2.24) is 15.5 Å². The van der Waals surface area contributed by atoms with Gasteiger partial charge in [0, 0.05) is 26.3 Å². The molecule has 2 N–H and O–H groups in total. The van der Waals surface area contributed by atoms with Gasteiger partial charge in [-0.2, -0.15) is 12.6 Å². The second-order valence-electron chi connectivity index (χ2n) is 4.83. The van der Waals surface area contributed by atoms with Crippen molar-refractivity contribution >= 4 is 30.4 Å². The van der Waals surface area contributed by atoms with Gasteiger partial charge >= 0.3 is 0 Å². The number of carbonyl (C=O) groups excluding carboxylic acids is 3. The summed E-state index contributed by atoms with van der Waals surface area (Å²) in [5, 5.41) is 5.22. The predicted octanol–water partition coefficient (Wildman–Crippen LogP) is -0.348. The second kappa shape index (κ2) is 8.79. The minimum absolute atomic E-state index is 0.0323. The van der Waals surface area contributed by atoms with Gasteiger partial charge < -0.3 is 15.5 Å². The molecule has 0 saturated carbocycles. The zero-order valence-electron chi connectivity index (χ0n) is 11.9. The van der Waals surface area contributed by atoms with E-state index < -0.39 is 6.04 Å². The Morgan fingerprint density at radius 3 is 2.26 bits per heavy atom. The van der Waals surface area contributed by atoms with Crippen LogP contribution in [0, 0.1) is 5.92 Å². The van der Waals surface area contributed by atoms with Crippen LogP contribution in [0.4, 0.5) is 0 Å². The fourth-order valence-electron chi connectivity index (χ4n) is 1.36. The fraction of sp³-hybridized carbons (Fsp3) is 0.750. The molecule has 7 heteroatoms. The van der Waals surface area contributed by atoms with Crippen molar-refractivity contribution in [1.29, 1.82) is 0 Å². The minimum atomic E-state index is -0.705. The Hall–Kier alpha value is -1.24. The summed E-state index contributed by atoms with van der Waals surface area (Å²) in [4.78, 5) is 35.8. The van der Waals surface area contributed by atoms with Gasteiger partial charge in [0.1, 0.15) is 6.04 Å². The molecule has 0 aromatic rings. The van der Waals surface area contributed by atoms with Crippen molar-refractivity contribution in [2.24, 2.45) is 5.92 Å². The Morgan fingerprint density at radius 2 is 1.84 bits per heavy atom. The standard InChI is InChI=1S/C12H23N3O3S/c1-8(2)5-13-11(17)6-15(4)12(18)10(7-19)14-9(3)16/h8,10,19H,5-7H2,1-4H3,(H,13,17)(H,14,16). The summed E-state index contributed by atoms with van der Waals surface area (Å²) in [6.07, 6.45) is 0. The van der Waals surface area contributed by atoms with Gasteiger partial charge in [-0.25, -0.2) is 0 Å². The summed E-state index contributed by atoms with van der Waals surface area (Å²) in [6.45, 7) is 5.85. The summed E-state index contributed by atoms with van der Waals surface area (Å²) in [5.41, 5.74) is 0. The average Bonchev–Trinajstić information content (AvgIpc) is 2.32. The summed E-state index contributed by atoms with van der Waals surface area (Å²) in [6, 6.07) is -0.705. The lowest BCUT2D eigenvalue weighted by Gasteiger charge is -2.22. The molecule has 0 bridgehead atoms. The van der Waals surface area contributed by atoms with Gasteiger partial charge in [0.15, 0.2) is 0 Å². The lowest BCUT2D eigenvalue weighted by Crippen LogP contribution is -2.50. The SMILES string of the molecule is CC(=O)NC(CS)C(=O)N(C)CC(=O)NCC(C)C. The zero-order chi connectivity index (χ0) is 15.0. The molecular formula is C12H23N3O3S. The third-order valence-corrected chi connectivity index (χ3v) is 2.69. The summed E-state index contributed by atoms with van der Waals surface area (Å²) >= 11 is 4.02. The molecule has 0 radical (unpaired) electrons. The normalized spacial score (nSPS) is 11.9. The highest BCUT2D eigenvalue weighted by molar-refractivity contribution is 7.80. The molecule has 0 aliphatic rings. The topological polar surface area (TPSA) is 78.5 Å². The highest BCUT2D eigenvalue weighted by atomic mass is 32.1. The molecule has 0 heterocycles. The molecule has 0 aliphatic carbocycles. The van der Waals surface area contributed by atoms with Gasteiger partial charge in [-0.15, -0.1) is 0 Å². The molecule has 3 amide bonds. The van der Waals surface area contributed by atoms with E-state index in [1.165, 1.54) is 18.9 Å². The molecule has 0 rings (SSSR count). The number of nitrogens with zero attached hydrogens (tertiary/aromatic N) is 1. The second-order valence-corrected chi connectivity index (χ2v) is 5.19. The lowest BCUT2D eigenvalue weighted by atomic mass is 10.2. The van der Waals surface area contributed by atoms with E-state index in [9.17, 15) is 14.4 Å². The molecule has 1 unspecified atom stereocenters. The molecule has 0 saturated heterocycles. The van der Waals surface area contributed by atoms with Crippen LogP contribution < -0.4 is 10.6 Å². The van der Waals surface area contributed by atoms with E-state index in [2.05, 4.69) is 23.3 Å². The first-order chi connectivity index (χ1) is 8.77. The first-order valence-corrected chi connectivity index (χ1v) is 6.80. The van der Waals surface area contributed by atoms with Crippen LogP contribution in [0.1, 0.15) is 20.8 Å². The van der Waals surface area contributed by atoms with Crippen LogP contribution >= 0.6 is 12.6 Å². The third-order valence-electron chi connectivity index (χ3n) is 2.32. The van der Waals surface area contributed by atoms with Crippen LogP contribution in [-0.2, 0) is 14.4 Å². The fourth-order valence-corrected chi connectivity index (χ4v) is 1.61. The summed E-state index contributed by atoms with van der Waals surface area (Å²) < 4.78 is 0. The number of likely N-dealkylation sites (N-methyl/N-ethyl adjacent to an activating group) is 1. The maximum Gasteiger partial charge on any atom is 0.246 e. The molecule has 6 nitrogen and oxygen atoms in total. The highest BCUT2D eigenvalue weighted by Gasteiger charge is 2.22. The van der Waals surface area contributed by atoms with Crippen molar-refractivity contribution in [3.8, 4) is 0 Å². The quantitative estimate of drug-likeness (QED) is 0.561. The van der Waals surface area contributed by atoms with E-state index in [4.69, 9.17) is 0 Å². The maximum atomic E-state index is 12.0. The average molecular weight is 289 g/mol. The molecule has 0 aromatic heterocycles. The largest absolute Gasteiger partial charge is 0.354 e. The van der Waals surface area contributed by atoms with E-state index in [0.29, 0.717) is 12.5 Å². The van der Waals surface area contributed by atoms with Crippen LogP contribution in [0.5, 0.6) is 0 Å². The van der Waals surface area contributed by atoms with Gasteiger partial charge in [0.2, 0.25) is 17.7 Å². The number of amides is 3. The Balaban J connectivity index is 4.31. The van der Waals surface area contributed by atoms with Crippen molar-refractivity contribution in [3.63, 3.8) is 0 Å². The molecule has 0 fully saturated rings. The number of nitrogens with one attached hydrogen (secondary N) is 2. The van der Waals surface area contributed by atoms with Crippen LogP contribution in [0.25, 0.3) is 0 Å². The minimum Gasteiger partial charge on any atom is -0.354 e. The molecular weight excluding hydrogens is 266 g/mol. The third kappa shape index (κ3) is 7.71. The summed E-state index contributed by atoms with van der Waals surface area (Å²) in [5.74, 6) is -0.300. The molecule has 0 aliphatic heterocycles. The van der Waals surface area contributed by atoms with Crippen molar-refractivity contribution in [2.45, 2.75) is 26.8 Å². The molecule has 0 aromatic carbocycles. The van der Waals surface area contributed by atoms with Crippen molar-refractivity contribution in [3.05, 3.63) is 0 Å². The van der Waals surface area contributed by atoms with E-state index in [-0.39, 0.29) is 30.0 Å². The van der Waals surface area contributed by atoms with Crippen LogP contribution in [0.3, 0.4) is 0 Å². The number of thiol groups is 1. The number of rotatable bonds is 7. The smallest absolute Gasteiger partial charge is 0.246 e.